The zero-order chi connectivity index (χ0) is 27.2. The Balaban J connectivity index is 1.53. The van der Waals surface area contributed by atoms with Gasteiger partial charge in [0.05, 0.1) is 12.8 Å². The van der Waals surface area contributed by atoms with E-state index in [9.17, 15) is 14.4 Å². The molecular formula is C28H22Cl2N2O6. The zero-order valence-corrected chi connectivity index (χ0v) is 21.7. The molecule has 1 N–H and O–H groups in total. The maximum Gasteiger partial charge on any atom is 0.335 e. The van der Waals surface area contributed by atoms with Gasteiger partial charge >= 0.3 is 6.03 Å². The lowest BCUT2D eigenvalue weighted by molar-refractivity contribution is -0.122. The zero-order valence-electron chi connectivity index (χ0n) is 20.2. The second-order valence-corrected chi connectivity index (χ2v) is 8.83. The lowest BCUT2D eigenvalue weighted by atomic mass is 10.1. The summed E-state index contributed by atoms with van der Waals surface area (Å²) in [5.74, 6) is -0.199. The number of urea groups is 1. The average molecular weight is 553 g/mol. The molecule has 0 aliphatic carbocycles. The Kier molecular flexibility index (Phi) is 8.35. The molecule has 38 heavy (non-hydrogen) atoms. The van der Waals surface area contributed by atoms with Crippen molar-refractivity contribution in [2.75, 3.05) is 18.6 Å². The van der Waals surface area contributed by atoms with Gasteiger partial charge in [-0.25, -0.2) is 9.69 Å². The van der Waals surface area contributed by atoms with Crippen LogP contribution in [-0.2, 0) is 16.2 Å². The number of nitrogens with zero attached hydrogens (tertiary/aromatic N) is 1. The fourth-order valence-corrected chi connectivity index (χ4v) is 4.05. The Hall–Kier alpha value is -4.27. The van der Waals surface area contributed by atoms with Crippen molar-refractivity contribution in [2.45, 2.75) is 6.61 Å². The Labute approximate surface area is 229 Å². The van der Waals surface area contributed by atoms with E-state index in [2.05, 4.69) is 11.9 Å². The van der Waals surface area contributed by atoms with Crippen LogP contribution in [0.3, 0.4) is 0 Å². The standard InChI is InChI=1S/C28H22Cl2N2O6/c1-3-12-37-24-11-4-17(14-25(24)36-2)13-22-26(33)31-28(35)32(27(22)34)20-7-9-21(10-8-20)38-16-18-5-6-19(29)15-23(18)30/h3-11,13-15H,1,12,16H2,2H3,(H,31,33,35)/b22-13+. The van der Waals surface area contributed by atoms with E-state index in [-0.39, 0.29) is 24.5 Å². The Morgan fingerprint density at radius 1 is 0.947 bits per heavy atom. The molecule has 1 aliphatic rings. The summed E-state index contributed by atoms with van der Waals surface area (Å²) in [6.07, 6.45) is 2.98. The normalized spacial score (nSPS) is 14.3. The highest BCUT2D eigenvalue weighted by Crippen LogP contribution is 2.30. The number of halogens is 2. The molecule has 0 radical (unpaired) electrons. The summed E-state index contributed by atoms with van der Waals surface area (Å²) in [5, 5.41) is 3.20. The van der Waals surface area contributed by atoms with Gasteiger partial charge in [-0.3, -0.25) is 14.9 Å². The van der Waals surface area contributed by atoms with E-state index in [1.54, 1.807) is 66.7 Å². The Bertz CT molecular complexity index is 1440. The quantitative estimate of drug-likeness (QED) is 0.204. The van der Waals surface area contributed by atoms with Gasteiger partial charge in [0, 0.05) is 15.6 Å². The number of hydrogen-bond donors (Lipinski definition) is 1. The lowest BCUT2D eigenvalue weighted by Crippen LogP contribution is -2.54. The van der Waals surface area contributed by atoms with Crippen LogP contribution in [0.1, 0.15) is 11.1 Å². The molecule has 194 valence electrons. The van der Waals surface area contributed by atoms with Gasteiger partial charge in [0.2, 0.25) is 0 Å². The number of barbiturate groups is 1. The number of rotatable bonds is 9. The average Bonchev–Trinajstić information content (AvgIpc) is 2.90. The highest BCUT2D eigenvalue weighted by molar-refractivity contribution is 6.39. The van der Waals surface area contributed by atoms with Crippen LogP contribution in [0.4, 0.5) is 10.5 Å². The predicted molar refractivity (Wildman–Crippen MR) is 145 cm³/mol. The lowest BCUT2D eigenvalue weighted by Gasteiger charge is -2.26. The van der Waals surface area contributed by atoms with Crippen molar-refractivity contribution in [3.63, 3.8) is 0 Å². The van der Waals surface area contributed by atoms with E-state index in [0.717, 1.165) is 10.5 Å². The maximum atomic E-state index is 13.2. The predicted octanol–water partition coefficient (Wildman–Crippen LogP) is 5.81. The summed E-state index contributed by atoms with van der Waals surface area (Å²) in [7, 11) is 1.48. The first-order valence-electron chi connectivity index (χ1n) is 11.3. The number of amides is 4. The number of hydrogen-bond acceptors (Lipinski definition) is 6. The molecule has 10 heteroatoms. The monoisotopic (exact) mass is 552 g/mol. The molecule has 0 unspecified atom stereocenters. The highest BCUT2D eigenvalue weighted by Gasteiger charge is 2.36. The van der Waals surface area contributed by atoms with E-state index < -0.39 is 17.8 Å². The molecule has 1 heterocycles. The van der Waals surface area contributed by atoms with E-state index in [0.29, 0.717) is 32.9 Å². The summed E-state index contributed by atoms with van der Waals surface area (Å²) < 4.78 is 16.6. The number of anilines is 1. The molecule has 1 aliphatic heterocycles. The van der Waals surface area contributed by atoms with Crippen LogP contribution in [0.5, 0.6) is 17.2 Å². The molecule has 0 atom stereocenters. The van der Waals surface area contributed by atoms with E-state index in [1.165, 1.54) is 13.2 Å². The van der Waals surface area contributed by atoms with Crippen LogP contribution in [0, 0.1) is 0 Å². The third kappa shape index (κ3) is 5.99. The minimum atomic E-state index is -0.857. The van der Waals surface area contributed by atoms with Crippen LogP contribution in [0.15, 0.2) is 78.9 Å². The second-order valence-electron chi connectivity index (χ2n) is 7.99. The van der Waals surface area contributed by atoms with Crippen LogP contribution < -0.4 is 24.4 Å². The number of benzene rings is 3. The minimum Gasteiger partial charge on any atom is -0.493 e. The van der Waals surface area contributed by atoms with Crippen molar-refractivity contribution < 1.29 is 28.6 Å². The SMILES string of the molecule is C=CCOc1ccc(/C=C2\C(=O)NC(=O)N(c3ccc(OCc4ccc(Cl)cc4Cl)cc3)C2=O)cc1OC. The number of carbonyl (C=O) groups excluding carboxylic acids is 3. The van der Waals surface area contributed by atoms with E-state index in [1.807, 2.05) is 0 Å². The molecule has 0 bridgehead atoms. The van der Waals surface area contributed by atoms with Gasteiger partial charge in [0.1, 0.15) is 24.5 Å². The summed E-state index contributed by atoms with van der Waals surface area (Å²) >= 11 is 12.1. The smallest absolute Gasteiger partial charge is 0.335 e. The summed E-state index contributed by atoms with van der Waals surface area (Å²) in [4.78, 5) is 39.2. The molecule has 4 amide bonds. The molecule has 4 rings (SSSR count). The first kappa shape index (κ1) is 26.8. The molecule has 0 saturated carbocycles. The summed E-state index contributed by atoms with van der Waals surface area (Å²) in [6, 6.07) is 15.5. The van der Waals surface area contributed by atoms with Crippen molar-refractivity contribution in [3.8, 4) is 17.2 Å². The van der Waals surface area contributed by atoms with Gasteiger partial charge in [-0.15, -0.1) is 0 Å². The number of methoxy groups -OCH3 is 1. The van der Waals surface area contributed by atoms with Gasteiger partial charge in [-0.05, 0) is 60.2 Å². The van der Waals surface area contributed by atoms with Crippen LogP contribution in [0.2, 0.25) is 10.0 Å². The summed E-state index contributed by atoms with van der Waals surface area (Å²) in [5.41, 5.74) is 1.29. The van der Waals surface area contributed by atoms with Crippen molar-refractivity contribution in [3.05, 3.63) is 100 Å². The first-order valence-corrected chi connectivity index (χ1v) is 12.1. The first-order chi connectivity index (χ1) is 18.3. The van der Waals surface area contributed by atoms with Gasteiger partial charge < -0.3 is 14.2 Å². The van der Waals surface area contributed by atoms with Crippen LogP contribution >= 0.6 is 23.2 Å². The van der Waals surface area contributed by atoms with Gasteiger partial charge in [-0.2, -0.15) is 0 Å². The second kappa shape index (κ2) is 11.9. The van der Waals surface area contributed by atoms with Crippen molar-refractivity contribution in [1.29, 1.82) is 0 Å². The fourth-order valence-electron chi connectivity index (χ4n) is 3.59. The van der Waals surface area contributed by atoms with Crippen molar-refractivity contribution in [1.82, 2.24) is 5.32 Å². The maximum absolute atomic E-state index is 13.2. The number of nitrogens with one attached hydrogen (secondary N) is 1. The van der Waals surface area contributed by atoms with Gasteiger partial charge in [0.15, 0.2) is 11.5 Å². The van der Waals surface area contributed by atoms with Crippen LogP contribution in [0.25, 0.3) is 6.08 Å². The Morgan fingerprint density at radius 3 is 2.39 bits per heavy atom. The number of imide groups is 2. The van der Waals surface area contributed by atoms with Crippen molar-refractivity contribution in [2.24, 2.45) is 0 Å². The molecule has 8 nitrogen and oxygen atoms in total. The molecule has 3 aromatic rings. The van der Waals surface area contributed by atoms with E-state index in [4.69, 9.17) is 37.4 Å². The largest absolute Gasteiger partial charge is 0.493 e. The van der Waals surface area contributed by atoms with Crippen LogP contribution in [-0.4, -0.2) is 31.6 Å². The third-order valence-corrected chi connectivity index (χ3v) is 6.05. The van der Waals surface area contributed by atoms with E-state index >= 15 is 0 Å². The minimum absolute atomic E-state index is 0.195. The number of ether oxygens (including phenoxy) is 3. The highest BCUT2D eigenvalue weighted by atomic mass is 35.5. The van der Waals surface area contributed by atoms with Crippen molar-refractivity contribution >= 4 is 52.8 Å². The van der Waals surface area contributed by atoms with Gasteiger partial charge in [0.25, 0.3) is 11.8 Å². The third-order valence-electron chi connectivity index (χ3n) is 5.46. The van der Waals surface area contributed by atoms with Gasteiger partial charge in [-0.1, -0.05) is 48.0 Å². The molecule has 0 spiro atoms. The molecule has 3 aromatic carbocycles. The molecule has 1 saturated heterocycles. The molecule has 1 fully saturated rings. The molecular weight excluding hydrogens is 531 g/mol. The Morgan fingerprint density at radius 2 is 1.71 bits per heavy atom. The molecule has 0 aromatic heterocycles. The topological polar surface area (TPSA) is 94.2 Å². The number of carbonyl (C=O) groups is 3. The fraction of sp³-hybridized carbons (Fsp3) is 0.107. The summed E-state index contributed by atoms with van der Waals surface area (Å²) in [6.45, 7) is 4.09.